The Morgan fingerprint density at radius 2 is 1.61 bits per heavy atom. The fourth-order valence-electron chi connectivity index (χ4n) is 2.99. The van der Waals surface area contributed by atoms with E-state index in [0.717, 1.165) is 11.1 Å². The molecule has 152 valence electrons. The van der Waals surface area contributed by atoms with Crippen LogP contribution in [0.1, 0.15) is 17.1 Å². The molecule has 8 heteroatoms. The maximum absolute atomic E-state index is 13.1. The first-order chi connectivity index (χ1) is 15.0. The second-order valence-corrected chi connectivity index (χ2v) is 7.68. The van der Waals surface area contributed by atoms with E-state index in [9.17, 15) is 13.6 Å². The Morgan fingerprint density at radius 3 is 2.32 bits per heavy atom. The molecule has 0 amide bonds. The van der Waals surface area contributed by atoms with E-state index in [1.165, 1.54) is 40.1 Å². The van der Waals surface area contributed by atoms with Crippen LogP contribution in [0.25, 0.3) is 34.5 Å². The third kappa shape index (κ3) is 3.93. The second kappa shape index (κ2) is 7.73. The molecule has 3 heterocycles. The summed E-state index contributed by atoms with van der Waals surface area (Å²) in [6.07, 6.45) is 5.04. The molecule has 0 atom stereocenters. The highest BCUT2D eigenvalue weighted by molar-refractivity contribution is 7.15. The van der Waals surface area contributed by atoms with Crippen molar-refractivity contribution in [1.82, 2.24) is 14.6 Å². The fourth-order valence-corrected chi connectivity index (χ4v) is 3.89. The Bertz CT molecular complexity index is 1510. The summed E-state index contributed by atoms with van der Waals surface area (Å²) in [6, 6.07) is 15.5. The lowest BCUT2D eigenvalue weighted by atomic mass is 10.2. The van der Waals surface area contributed by atoms with Crippen LogP contribution in [0.5, 0.6) is 0 Å². The first-order valence-corrected chi connectivity index (χ1v) is 10.1. The van der Waals surface area contributed by atoms with Crippen molar-refractivity contribution in [2.75, 3.05) is 0 Å². The topological polar surface area (TPSA) is 60.4 Å². The highest BCUT2D eigenvalue weighted by Gasteiger charge is 2.10. The predicted octanol–water partition coefficient (Wildman–Crippen LogP) is 4.41. The molecule has 0 saturated carbocycles. The molecule has 5 rings (SSSR count). The van der Waals surface area contributed by atoms with E-state index in [4.69, 9.17) is 4.42 Å². The molecule has 0 radical (unpaired) electrons. The third-order valence-corrected chi connectivity index (χ3v) is 5.48. The molecule has 2 aromatic carbocycles. The third-order valence-electron chi connectivity index (χ3n) is 4.52. The average Bonchev–Trinajstić information content (AvgIpc) is 3.46. The lowest BCUT2D eigenvalue weighted by Gasteiger charge is -1.95. The quantitative estimate of drug-likeness (QED) is 0.421. The molecule has 3 aromatic heterocycles. The van der Waals surface area contributed by atoms with E-state index in [2.05, 4.69) is 10.1 Å². The molecular formula is C23H13F2N3O2S. The molecule has 0 fully saturated rings. The van der Waals surface area contributed by atoms with Crippen LogP contribution in [0.15, 0.2) is 69.9 Å². The highest BCUT2D eigenvalue weighted by Crippen LogP contribution is 2.22. The number of hydrogen-bond acceptors (Lipinski definition) is 5. The summed E-state index contributed by atoms with van der Waals surface area (Å²) in [5.74, 6) is 0.831. The summed E-state index contributed by atoms with van der Waals surface area (Å²) >= 11 is 1.20. The van der Waals surface area contributed by atoms with Crippen molar-refractivity contribution in [2.45, 2.75) is 0 Å². The molecule has 0 spiro atoms. The number of fused-ring (bicyclic) bond motifs is 1. The molecule has 0 unspecified atom stereocenters. The van der Waals surface area contributed by atoms with Gasteiger partial charge in [0.15, 0.2) is 5.82 Å². The number of nitrogens with zero attached hydrogens (tertiary/aromatic N) is 3. The Balaban J connectivity index is 1.42. The van der Waals surface area contributed by atoms with Crippen molar-refractivity contribution in [2.24, 2.45) is 0 Å². The van der Waals surface area contributed by atoms with Crippen LogP contribution in [-0.2, 0) is 0 Å². The SMILES string of the molecule is O=c1/c(=C/c2ccc(-c3ccc(F)cc3)o2)sc2nc(/C=C/c3ccc(F)cc3)nn12. The van der Waals surface area contributed by atoms with E-state index in [-0.39, 0.29) is 17.2 Å². The van der Waals surface area contributed by atoms with Gasteiger partial charge in [-0.3, -0.25) is 4.79 Å². The molecular weight excluding hydrogens is 420 g/mol. The minimum atomic E-state index is -0.320. The standard InChI is InChI=1S/C23H13F2N3O2S/c24-16-6-1-14(2-7-16)3-12-21-26-23-28(27-21)22(29)20(31-23)13-18-10-11-19(30-18)15-4-8-17(25)9-5-15/h1-13H/b12-3+,20-13-. The van der Waals surface area contributed by atoms with E-state index < -0.39 is 0 Å². The van der Waals surface area contributed by atoms with Gasteiger partial charge in [-0.1, -0.05) is 29.5 Å². The van der Waals surface area contributed by atoms with Crippen LogP contribution in [0.4, 0.5) is 8.78 Å². The number of benzene rings is 2. The fraction of sp³-hybridized carbons (Fsp3) is 0. The average molecular weight is 433 g/mol. The van der Waals surface area contributed by atoms with Gasteiger partial charge in [0.25, 0.3) is 5.56 Å². The molecule has 0 N–H and O–H groups in total. The predicted molar refractivity (Wildman–Crippen MR) is 115 cm³/mol. The van der Waals surface area contributed by atoms with Gasteiger partial charge in [-0.2, -0.15) is 9.50 Å². The molecule has 0 bridgehead atoms. The summed E-state index contributed by atoms with van der Waals surface area (Å²) in [7, 11) is 0. The van der Waals surface area contributed by atoms with Crippen LogP contribution in [0.2, 0.25) is 0 Å². The van der Waals surface area contributed by atoms with Gasteiger partial charge in [0.1, 0.15) is 27.7 Å². The van der Waals surface area contributed by atoms with Gasteiger partial charge in [-0.15, -0.1) is 5.10 Å². The summed E-state index contributed by atoms with van der Waals surface area (Å²) < 4.78 is 33.5. The maximum Gasteiger partial charge on any atom is 0.291 e. The Kier molecular flexibility index (Phi) is 4.76. The van der Waals surface area contributed by atoms with Crippen molar-refractivity contribution in [3.05, 3.63) is 104 Å². The number of aromatic nitrogens is 3. The molecule has 5 nitrogen and oxygen atoms in total. The van der Waals surface area contributed by atoms with Gasteiger partial charge in [0.2, 0.25) is 4.96 Å². The van der Waals surface area contributed by atoms with Crippen LogP contribution in [0.3, 0.4) is 0 Å². The number of rotatable bonds is 4. The number of halogens is 2. The van der Waals surface area contributed by atoms with Crippen molar-refractivity contribution in [3.8, 4) is 11.3 Å². The van der Waals surface area contributed by atoms with E-state index >= 15 is 0 Å². The summed E-state index contributed by atoms with van der Waals surface area (Å²) in [5.41, 5.74) is 1.24. The van der Waals surface area contributed by atoms with Gasteiger partial charge in [0, 0.05) is 11.6 Å². The molecule has 5 aromatic rings. The summed E-state index contributed by atoms with van der Waals surface area (Å²) in [5, 5.41) is 4.22. The summed E-state index contributed by atoms with van der Waals surface area (Å²) in [6.45, 7) is 0. The van der Waals surface area contributed by atoms with E-state index in [0.29, 0.717) is 26.8 Å². The maximum atomic E-state index is 13.1. The van der Waals surface area contributed by atoms with Crippen molar-refractivity contribution in [1.29, 1.82) is 0 Å². The zero-order chi connectivity index (χ0) is 21.4. The molecule has 0 aliphatic carbocycles. The zero-order valence-corrected chi connectivity index (χ0v) is 16.6. The minimum Gasteiger partial charge on any atom is -0.457 e. The Hall–Kier alpha value is -3.91. The number of thiazole rings is 1. The smallest absolute Gasteiger partial charge is 0.291 e. The van der Waals surface area contributed by atoms with Crippen molar-refractivity contribution >= 4 is 34.5 Å². The molecule has 0 aliphatic rings. The lowest BCUT2D eigenvalue weighted by Crippen LogP contribution is -2.23. The summed E-state index contributed by atoms with van der Waals surface area (Å²) in [4.78, 5) is 17.5. The van der Waals surface area contributed by atoms with Crippen molar-refractivity contribution in [3.63, 3.8) is 0 Å². The minimum absolute atomic E-state index is 0.298. The van der Waals surface area contributed by atoms with Crippen LogP contribution < -0.4 is 10.1 Å². The Morgan fingerprint density at radius 1 is 0.903 bits per heavy atom. The lowest BCUT2D eigenvalue weighted by molar-refractivity contribution is 0.571. The van der Waals surface area contributed by atoms with Gasteiger partial charge >= 0.3 is 0 Å². The molecule has 0 saturated heterocycles. The van der Waals surface area contributed by atoms with Crippen LogP contribution >= 0.6 is 11.3 Å². The number of furan rings is 1. The first-order valence-electron chi connectivity index (χ1n) is 9.26. The Labute approximate surface area is 178 Å². The van der Waals surface area contributed by atoms with Gasteiger partial charge in [-0.25, -0.2) is 8.78 Å². The van der Waals surface area contributed by atoms with E-state index in [1.807, 2.05) is 0 Å². The second-order valence-electron chi connectivity index (χ2n) is 6.67. The van der Waals surface area contributed by atoms with Crippen LogP contribution in [0, 0.1) is 11.6 Å². The van der Waals surface area contributed by atoms with Crippen molar-refractivity contribution < 1.29 is 13.2 Å². The normalized spacial score (nSPS) is 12.4. The van der Waals surface area contributed by atoms with E-state index in [1.54, 1.807) is 54.6 Å². The highest BCUT2D eigenvalue weighted by atomic mass is 32.1. The van der Waals surface area contributed by atoms with Gasteiger partial charge < -0.3 is 4.42 Å². The molecule has 0 aliphatic heterocycles. The molecule has 31 heavy (non-hydrogen) atoms. The number of hydrogen-bond donors (Lipinski definition) is 0. The first kappa shape index (κ1) is 19.1. The zero-order valence-electron chi connectivity index (χ0n) is 15.8. The van der Waals surface area contributed by atoms with Crippen LogP contribution in [-0.4, -0.2) is 14.6 Å². The van der Waals surface area contributed by atoms with Gasteiger partial charge in [-0.05, 0) is 60.2 Å². The largest absolute Gasteiger partial charge is 0.457 e. The monoisotopic (exact) mass is 433 g/mol. The van der Waals surface area contributed by atoms with Gasteiger partial charge in [0.05, 0.1) is 0 Å².